The molecule has 2 aliphatic heterocycles. The van der Waals surface area contributed by atoms with Gasteiger partial charge in [-0.3, -0.25) is 4.79 Å². The lowest BCUT2D eigenvalue weighted by atomic mass is 9.74. The second-order valence-corrected chi connectivity index (χ2v) is 8.12. The molecule has 4 heteroatoms. The second-order valence-electron chi connectivity index (χ2n) is 7.72. The van der Waals surface area contributed by atoms with Gasteiger partial charge in [-0.05, 0) is 36.3 Å². The van der Waals surface area contributed by atoms with Crippen molar-refractivity contribution in [1.29, 1.82) is 0 Å². The number of halogens is 1. The van der Waals surface area contributed by atoms with E-state index in [0.29, 0.717) is 18.0 Å². The van der Waals surface area contributed by atoms with Crippen molar-refractivity contribution < 1.29 is 4.79 Å². The van der Waals surface area contributed by atoms with Crippen molar-refractivity contribution in [3.05, 3.63) is 70.3 Å². The summed E-state index contributed by atoms with van der Waals surface area (Å²) >= 11 is 6.34. The van der Waals surface area contributed by atoms with Crippen LogP contribution in [-0.2, 0) is 10.2 Å². The van der Waals surface area contributed by atoms with Gasteiger partial charge in [0.15, 0.2) is 0 Å². The maximum atomic E-state index is 12.4. The molecule has 0 aliphatic carbocycles. The van der Waals surface area contributed by atoms with Crippen molar-refractivity contribution in [1.82, 2.24) is 5.32 Å². The average molecular weight is 367 g/mol. The lowest BCUT2D eigenvalue weighted by molar-refractivity contribution is -0.124. The highest BCUT2D eigenvalue weighted by Crippen LogP contribution is 2.52. The van der Waals surface area contributed by atoms with Crippen LogP contribution >= 0.6 is 11.6 Å². The van der Waals surface area contributed by atoms with Crippen LogP contribution in [0, 0.1) is 6.92 Å². The van der Waals surface area contributed by atoms with E-state index in [0.717, 1.165) is 5.56 Å². The highest BCUT2D eigenvalue weighted by atomic mass is 35.5. The standard InChI is InChI=1S/C22H23ClN2O/c1-15-8-9-19-17(14-15)21(2,3)22(24-20(26)11-13-25(19)22)12-10-16-6-4-5-7-18(16)23/h4-10,12,14H,11,13H2,1-3H3,(H,24,26)/b12-10+/t22-/m1/s1. The molecule has 0 spiro atoms. The number of nitrogens with one attached hydrogen (secondary N) is 1. The molecule has 1 N–H and O–H groups in total. The largest absolute Gasteiger partial charge is 0.344 e. The van der Waals surface area contributed by atoms with Crippen LogP contribution in [0.1, 0.15) is 37.0 Å². The smallest absolute Gasteiger partial charge is 0.223 e. The van der Waals surface area contributed by atoms with E-state index in [1.165, 1.54) is 16.8 Å². The summed E-state index contributed by atoms with van der Waals surface area (Å²) < 4.78 is 0. The lowest BCUT2D eigenvalue weighted by Gasteiger charge is -2.49. The van der Waals surface area contributed by atoms with Gasteiger partial charge in [0, 0.05) is 29.1 Å². The van der Waals surface area contributed by atoms with E-state index in [2.05, 4.69) is 55.3 Å². The minimum atomic E-state index is -0.600. The van der Waals surface area contributed by atoms with Gasteiger partial charge in [0.25, 0.3) is 0 Å². The number of benzene rings is 2. The van der Waals surface area contributed by atoms with Crippen molar-refractivity contribution in [2.75, 3.05) is 11.4 Å². The molecular formula is C22H23ClN2O. The van der Waals surface area contributed by atoms with E-state index in [1.807, 2.05) is 30.3 Å². The number of carbonyl (C=O) groups is 1. The number of rotatable bonds is 2. The van der Waals surface area contributed by atoms with Gasteiger partial charge in [-0.15, -0.1) is 0 Å². The molecule has 26 heavy (non-hydrogen) atoms. The van der Waals surface area contributed by atoms with Crippen molar-refractivity contribution in [2.45, 2.75) is 38.3 Å². The van der Waals surface area contributed by atoms with E-state index < -0.39 is 5.66 Å². The Bertz CT molecular complexity index is 918. The van der Waals surface area contributed by atoms with Gasteiger partial charge < -0.3 is 10.2 Å². The Morgan fingerprint density at radius 3 is 2.73 bits per heavy atom. The third kappa shape index (κ3) is 2.38. The monoisotopic (exact) mass is 366 g/mol. The SMILES string of the molecule is Cc1ccc2c(c1)C(C)(C)[C@]1(/C=C/c3ccccc3Cl)NC(=O)CCN21. The zero-order valence-corrected chi connectivity index (χ0v) is 16.1. The number of carbonyl (C=O) groups excluding carboxylic acids is 1. The molecule has 3 nitrogen and oxygen atoms in total. The third-order valence-corrected chi connectivity index (χ3v) is 6.14. The Hall–Kier alpha value is -2.26. The summed E-state index contributed by atoms with van der Waals surface area (Å²) in [6.45, 7) is 7.22. The molecule has 0 bridgehead atoms. The van der Waals surface area contributed by atoms with Crippen LogP contribution in [0.2, 0.25) is 5.02 Å². The molecule has 0 radical (unpaired) electrons. The van der Waals surface area contributed by atoms with Crippen LogP contribution in [0.3, 0.4) is 0 Å². The molecule has 0 aromatic heterocycles. The Morgan fingerprint density at radius 1 is 1.19 bits per heavy atom. The van der Waals surface area contributed by atoms with Crippen molar-refractivity contribution >= 4 is 29.3 Å². The molecule has 1 atom stereocenters. The van der Waals surface area contributed by atoms with Crippen molar-refractivity contribution in [2.24, 2.45) is 0 Å². The zero-order chi connectivity index (χ0) is 18.5. The Kier molecular flexibility index (Phi) is 3.89. The fraction of sp³-hybridized carbons (Fsp3) is 0.318. The summed E-state index contributed by atoms with van der Waals surface area (Å²) in [5, 5.41) is 4.00. The second kappa shape index (κ2) is 5.88. The first-order valence-electron chi connectivity index (χ1n) is 8.99. The number of nitrogens with zero attached hydrogens (tertiary/aromatic N) is 1. The lowest BCUT2D eigenvalue weighted by Crippen LogP contribution is -2.68. The normalized spacial score (nSPS) is 23.7. The van der Waals surface area contributed by atoms with E-state index in [4.69, 9.17) is 11.6 Å². The molecule has 2 aromatic carbocycles. The van der Waals surface area contributed by atoms with Gasteiger partial charge >= 0.3 is 0 Å². The molecular weight excluding hydrogens is 344 g/mol. The van der Waals surface area contributed by atoms with Gasteiger partial charge in [0.1, 0.15) is 5.66 Å². The number of fused-ring (bicyclic) bond motifs is 3. The quantitative estimate of drug-likeness (QED) is 0.837. The topological polar surface area (TPSA) is 32.3 Å². The summed E-state index contributed by atoms with van der Waals surface area (Å²) in [5.74, 6) is 0.0858. The van der Waals surface area contributed by atoms with Crippen LogP contribution in [0.25, 0.3) is 6.08 Å². The van der Waals surface area contributed by atoms with Crippen molar-refractivity contribution in [3.63, 3.8) is 0 Å². The Balaban J connectivity index is 1.88. The predicted molar refractivity (Wildman–Crippen MR) is 108 cm³/mol. The minimum Gasteiger partial charge on any atom is -0.344 e. The van der Waals surface area contributed by atoms with Gasteiger partial charge in [-0.1, -0.05) is 67.4 Å². The molecule has 1 amide bonds. The minimum absolute atomic E-state index is 0.0858. The number of hydrogen-bond donors (Lipinski definition) is 1. The fourth-order valence-electron chi connectivity index (χ4n) is 4.29. The number of hydrogen-bond acceptors (Lipinski definition) is 2. The van der Waals surface area contributed by atoms with Gasteiger partial charge in [0.2, 0.25) is 5.91 Å². The maximum absolute atomic E-state index is 12.4. The number of anilines is 1. The molecule has 0 unspecified atom stereocenters. The summed E-state index contributed by atoms with van der Waals surface area (Å²) in [6.07, 6.45) is 4.65. The molecule has 2 aliphatic rings. The third-order valence-electron chi connectivity index (χ3n) is 5.80. The van der Waals surface area contributed by atoms with Crippen LogP contribution in [-0.4, -0.2) is 18.1 Å². The Labute approximate surface area is 159 Å². The van der Waals surface area contributed by atoms with Gasteiger partial charge in [-0.25, -0.2) is 0 Å². The van der Waals surface area contributed by atoms with E-state index in [1.54, 1.807) is 0 Å². The number of aryl methyl sites for hydroxylation is 1. The summed E-state index contributed by atoms with van der Waals surface area (Å²) in [6, 6.07) is 14.3. The average Bonchev–Trinajstić information content (AvgIpc) is 2.79. The molecule has 2 aromatic rings. The highest BCUT2D eigenvalue weighted by Gasteiger charge is 2.57. The maximum Gasteiger partial charge on any atom is 0.223 e. The van der Waals surface area contributed by atoms with Crippen LogP contribution in [0.4, 0.5) is 5.69 Å². The molecule has 0 saturated carbocycles. The Morgan fingerprint density at radius 2 is 1.96 bits per heavy atom. The summed E-state index contributed by atoms with van der Waals surface area (Å²) in [5.41, 5.74) is 3.77. The van der Waals surface area contributed by atoms with Crippen molar-refractivity contribution in [3.8, 4) is 0 Å². The molecule has 4 rings (SSSR count). The summed E-state index contributed by atoms with van der Waals surface area (Å²) in [7, 11) is 0. The first-order chi connectivity index (χ1) is 12.3. The summed E-state index contributed by atoms with van der Waals surface area (Å²) in [4.78, 5) is 14.7. The first-order valence-corrected chi connectivity index (χ1v) is 9.36. The molecule has 1 saturated heterocycles. The van der Waals surface area contributed by atoms with E-state index >= 15 is 0 Å². The van der Waals surface area contributed by atoms with Crippen LogP contribution < -0.4 is 10.2 Å². The van der Waals surface area contributed by atoms with E-state index in [9.17, 15) is 4.79 Å². The zero-order valence-electron chi connectivity index (χ0n) is 15.3. The molecule has 1 fully saturated rings. The molecule has 134 valence electrons. The van der Waals surface area contributed by atoms with Gasteiger partial charge in [0.05, 0.1) is 0 Å². The van der Waals surface area contributed by atoms with Crippen LogP contribution in [0.15, 0.2) is 48.5 Å². The van der Waals surface area contributed by atoms with E-state index in [-0.39, 0.29) is 11.3 Å². The number of amides is 1. The fourth-order valence-corrected chi connectivity index (χ4v) is 4.49. The predicted octanol–water partition coefficient (Wildman–Crippen LogP) is 4.68. The first kappa shape index (κ1) is 17.2. The van der Waals surface area contributed by atoms with Crippen LogP contribution in [0.5, 0.6) is 0 Å². The molecule has 2 heterocycles. The highest BCUT2D eigenvalue weighted by molar-refractivity contribution is 6.32. The van der Waals surface area contributed by atoms with Gasteiger partial charge in [-0.2, -0.15) is 0 Å².